The normalized spacial score (nSPS) is 11.4. The number of hydrogen-bond donors (Lipinski definition) is 1. The molecule has 0 aliphatic heterocycles. The van der Waals surface area contributed by atoms with Crippen molar-refractivity contribution in [3.8, 4) is 11.8 Å². The van der Waals surface area contributed by atoms with Crippen molar-refractivity contribution in [3.05, 3.63) is 21.9 Å². The number of rotatable bonds is 4. The highest BCUT2D eigenvalue weighted by Gasteiger charge is 2.27. The molecule has 0 aliphatic carbocycles. The van der Waals surface area contributed by atoms with Crippen LogP contribution in [0, 0.1) is 11.8 Å². The van der Waals surface area contributed by atoms with E-state index in [1.165, 1.54) is 11.3 Å². The molecule has 0 atom stereocenters. The minimum absolute atomic E-state index is 0.0335. The highest BCUT2D eigenvalue weighted by molar-refractivity contribution is 7.10. The fourth-order valence-electron chi connectivity index (χ4n) is 1.35. The highest BCUT2D eigenvalue weighted by Crippen LogP contribution is 2.21. The zero-order valence-corrected chi connectivity index (χ0v) is 10.7. The van der Waals surface area contributed by atoms with Gasteiger partial charge in [0.05, 0.1) is 6.42 Å². The maximum Gasteiger partial charge on any atom is 0.390 e. The number of hydrogen-bond acceptors (Lipinski definition) is 3. The van der Waals surface area contributed by atoms with Crippen molar-refractivity contribution in [2.24, 2.45) is 0 Å². The number of nitrogens with zero attached hydrogens (tertiary/aromatic N) is 1. The third-order valence-electron chi connectivity index (χ3n) is 2.24. The van der Waals surface area contributed by atoms with Gasteiger partial charge in [-0.1, -0.05) is 11.8 Å². The first kappa shape index (κ1) is 15.0. The first-order valence-corrected chi connectivity index (χ1v) is 6.21. The van der Waals surface area contributed by atoms with Crippen molar-refractivity contribution >= 4 is 11.3 Å². The lowest BCUT2D eigenvalue weighted by atomic mass is 10.2. The van der Waals surface area contributed by atoms with Crippen LogP contribution in [0.1, 0.15) is 16.9 Å². The molecule has 0 unspecified atom stereocenters. The summed E-state index contributed by atoms with van der Waals surface area (Å²) in [5, 5.41) is 10.4. The molecule has 6 heteroatoms. The largest absolute Gasteiger partial charge is 0.390 e. The third-order valence-corrected chi connectivity index (χ3v) is 3.14. The predicted octanol–water partition coefficient (Wildman–Crippen LogP) is 2.48. The van der Waals surface area contributed by atoms with Gasteiger partial charge in [0, 0.05) is 23.5 Å². The van der Waals surface area contributed by atoms with Crippen molar-refractivity contribution in [1.29, 1.82) is 0 Å². The average Bonchev–Trinajstić information content (AvgIpc) is 2.70. The minimum Gasteiger partial charge on any atom is -0.384 e. The number of aliphatic hydroxyl groups is 1. The molecular weight excluding hydrogens is 263 g/mol. The zero-order valence-electron chi connectivity index (χ0n) is 9.92. The standard InChI is InChI=1S/C12H14F3NOS/c1-16(6-5-12(13,14)15)9-11-10(3-2-7-17)4-8-18-11/h4,8,17H,5-7,9H2,1H3. The highest BCUT2D eigenvalue weighted by atomic mass is 32.1. The Balaban J connectivity index is 2.54. The van der Waals surface area contributed by atoms with Crippen LogP contribution in [0.3, 0.4) is 0 Å². The second-order valence-corrected chi connectivity index (χ2v) is 4.82. The van der Waals surface area contributed by atoms with Crippen LogP contribution in [0.2, 0.25) is 0 Å². The van der Waals surface area contributed by atoms with Crippen molar-refractivity contribution in [2.45, 2.75) is 19.1 Å². The van der Waals surface area contributed by atoms with Gasteiger partial charge in [-0.2, -0.15) is 13.2 Å². The van der Waals surface area contributed by atoms with E-state index in [-0.39, 0.29) is 13.2 Å². The van der Waals surface area contributed by atoms with Crippen LogP contribution >= 0.6 is 11.3 Å². The SMILES string of the molecule is CN(CCC(F)(F)F)Cc1sccc1C#CCO. The molecule has 0 spiro atoms. The van der Waals surface area contributed by atoms with Crippen molar-refractivity contribution < 1.29 is 18.3 Å². The molecule has 0 amide bonds. The quantitative estimate of drug-likeness (QED) is 0.855. The lowest BCUT2D eigenvalue weighted by Gasteiger charge is -2.17. The minimum atomic E-state index is -4.12. The fourth-order valence-corrected chi connectivity index (χ4v) is 2.26. The summed E-state index contributed by atoms with van der Waals surface area (Å²) in [6.45, 7) is 0.177. The van der Waals surface area contributed by atoms with E-state index in [1.54, 1.807) is 18.0 Å². The van der Waals surface area contributed by atoms with Crippen LogP contribution in [-0.4, -0.2) is 36.4 Å². The van der Waals surface area contributed by atoms with Crippen LogP contribution in [-0.2, 0) is 6.54 Å². The zero-order chi connectivity index (χ0) is 13.6. The van der Waals surface area contributed by atoms with Gasteiger partial charge in [0.2, 0.25) is 0 Å². The smallest absolute Gasteiger partial charge is 0.384 e. The molecule has 0 aliphatic rings. The third kappa shape index (κ3) is 5.54. The van der Waals surface area contributed by atoms with E-state index in [2.05, 4.69) is 11.8 Å². The molecular formula is C12H14F3NOS. The molecule has 0 bridgehead atoms. The van der Waals surface area contributed by atoms with Gasteiger partial charge in [-0.3, -0.25) is 0 Å². The Labute approximate surface area is 108 Å². The molecule has 1 N–H and O–H groups in total. The van der Waals surface area contributed by atoms with E-state index in [0.29, 0.717) is 6.54 Å². The van der Waals surface area contributed by atoms with Gasteiger partial charge in [-0.25, -0.2) is 0 Å². The fraction of sp³-hybridized carbons (Fsp3) is 0.500. The molecule has 1 aromatic heterocycles. The van der Waals surface area contributed by atoms with Gasteiger partial charge in [0.15, 0.2) is 0 Å². The van der Waals surface area contributed by atoms with Crippen LogP contribution in [0.25, 0.3) is 0 Å². The Morgan fingerprint density at radius 1 is 1.44 bits per heavy atom. The molecule has 1 heterocycles. The Bertz CT molecular complexity index is 431. The van der Waals surface area contributed by atoms with E-state index >= 15 is 0 Å². The topological polar surface area (TPSA) is 23.5 Å². The number of alkyl halides is 3. The van der Waals surface area contributed by atoms with Crippen LogP contribution in [0.5, 0.6) is 0 Å². The van der Waals surface area contributed by atoms with E-state index in [9.17, 15) is 13.2 Å². The maximum absolute atomic E-state index is 12.1. The number of thiophene rings is 1. The Morgan fingerprint density at radius 2 is 2.17 bits per heavy atom. The van der Waals surface area contributed by atoms with Crippen LogP contribution < -0.4 is 0 Å². The van der Waals surface area contributed by atoms with Gasteiger partial charge < -0.3 is 10.0 Å². The molecule has 0 saturated heterocycles. The molecule has 0 radical (unpaired) electrons. The van der Waals surface area contributed by atoms with E-state index in [1.807, 2.05) is 5.38 Å². The summed E-state index contributed by atoms with van der Waals surface area (Å²) in [6.07, 6.45) is -4.93. The Morgan fingerprint density at radius 3 is 2.78 bits per heavy atom. The molecule has 0 fully saturated rings. The van der Waals surface area contributed by atoms with Gasteiger partial charge in [-0.15, -0.1) is 11.3 Å². The molecule has 2 nitrogen and oxygen atoms in total. The first-order valence-electron chi connectivity index (χ1n) is 5.34. The lowest BCUT2D eigenvalue weighted by Crippen LogP contribution is -2.24. The predicted molar refractivity (Wildman–Crippen MR) is 65.3 cm³/mol. The Hall–Kier alpha value is -1.03. The summed E-state index contributed by atoms with van der Waals surface area (Å²) in [5.74, 6) is 5.32. The van der Waals surface area contributed by atoms with E-state index in [4.69, 9.17) is 5.11 Å². The average molecular weight is 277 g/mol. The van der Waals surface area contributed by atoms with Crippen molar-refractivity contribution in [1.82, 2.24) is 4.90 Å². The summed E-state index contributed by atoms with van der Waals surface area (Å²) >= 11 is 1.45. The van der Waals surface area contributed by atoms with Crippen molar-refractivity contribution in [3.63, 3.8) is 0 Å². The van der Waals surface area contributed by atoms with Crippen LogP contribution in [0.4, 0.5) is 13.2 Å². The van der Waals surface area contributed by atoms with Gasteiger partial charge in [0.1, 0.15) is 6.61 Å². The Kier molecular flexibility index (Phi) is 5.66. The molecule has 18 heavy (non-hydrogen) atoms. The molecule has 1 rings (SSSR count). The molecule has 0 saturated carbocycles. The van der Waals surface area contributed by atoms with Gasteiger partial charge >= 0.3 is 6.18 Å². The second-order valence-electron chi connectivity index (χ2n) is 3.82. The summed E-state index contributed by atoms with van der Waals surface area (Å²) in [4.78, 5) is 2.53. The first-order chi connectivity index (χ1) is 8.42. The second kappa shape index (κ2) is 6.78. The summed E-state index contributed by atoms with van der Waals surface area (Å²) < 4.78 is 36.2. The van der Waals surface area contributed by atoms with E-state index < -0.39 is 12.6 Å². The monoisotopic (exact) mass is 277 g/mol. The van der Waals surface area contributed by atoms with Gasteiger partial charge in [0.25, 0.3) is 0 Å². The molecule has 1 aromatic rings. The summed E-state index contributed by atoms with van der Waals surface area (Å²) in [7, 11) is 1.65. The molecule has 100 valence electrons. The van der Waals surface area contributed by atoms with Crippen molar-refractivity contribution in [2.75, 3.05) is 20.2 Å². The number of aliphatic hydroxyl groups excluding tert-OH is 1. The lowest BCUT2D eigenvalue weighted by molar-refractivity contribution is -0.137. The maximum atomic E-state index is 12.1. The summed E-state index contributed by atoms with van der Waals surface area (Å²) in [5.41, 5.74) is 0.771. The van der Waals surface area contributed by atoms with Gasteiger partial charge in [-0.05, 0) is 18.5 Å². The van der Waals surface area contributed by atoms with E-state index in [0.717, 1.165) is 10.4 Å². The van der Waals surface area contributed by atoms with Crippen LogP contribution in [0.15, 0.2) is 11.4 Å². The number of halogens is 3. The molecule has 0 aromatic carbocycles. The summed E-state index contributed by atoms with van der Waals surface area (Å²) in [6, 6.07) is 1.81.